The summed E-state index contributed by atoms with van der Waals surface area (Å²) >= 11 is 3.46. The van der Waals surface area contributed by atoms with Crippen LogP contribution in [-0.4, -0.2) is 19.0 Å². The number of halogens is 3. The van der Waals surface area contributed by atoms with Gasteiger partial charge in [0.05, 0.1) is 6.04 Å². The van der Waals surface area contributed by atoms with Gasteiger partial charge in [0, 0.05) is 10.4 Å². The van der Waals surface area contributed by atoms with Gasteiger partial charge < -0.3 is 10.6 Å². The molecule has 2 unspecified atom stereocenters. The molecule has 0 aromatic heterocycles. The van der Waals surface area contributed by atoms with Gasteiger partial charge in [-0.25, -0.2) is 4.39 Å². The Kier molecular flexibility index (Phi) is 6.99. The van der Waals surface area contributed by atoms with Crippen molar-refractivity contribution < 1.29 is 9.18 Å². The zero-order valence-corrected chi connectivity index (χ0v) is 16.2. The van der Waals surface area contributed by atoms with Crippen molar-refractivity contribution in [3.05, 3.63) is 69.9 Å². The zero-order valence-electron chi connectivity index (χ0n) is 13.8. The smallest absolute Gasteiger partial charge is 0.223 e. The van der Waals surface area contributed by atoms with Crippen LogP contribution >= 0.6 is 28.3 Å². The number of hydrogen-bond acceptors (Lipinski definition) is 2. The Hall–Kier alpha value is -1.43. The second-order valence-electron chi connectivity index (χ2n) is 6.26. The van der Waals surface area contributed by atoms with Crippen LogP contribution in [0.4, 0.5) is 4.39 Å². The van der Waals surface area contributed by atoms with Gasteiger partial charge in [0.2, 0.25) is 5.91 Å². The highest BCUT2D eigenvalue weighted by Gasteiger charge is 2.30. The predicted molar refractivity (Wildman–Crippen MR) is 103 cm³/mol. The lowest BCUT2D eigenvalue weighted by atomic mass is 9.87. The lowest BCUT2D eigenvalue weighted by Crippen LogP contribution is -2.50. The van der Waals surface area contributed by atoms with Crippen molar-refractivity contribution in [3.63, 3.8) is 0 Å². The van der Waals surface area contributed by atoms with Crippen LogP contribution in [0, 0.1) is 17.7 Å². The van der Waals surface area contributed by atoms with E-state index in [4.69, 9.17) is 0 Å². The van der Waals surface area contributed by atoms with E-state index in [1.54, 1.807) is 6.07 Å². The Balaban J connectivity index is 0.00000225. The third-order valence-corrected chi connectivity index (χ3v) is 5.08. The maximum Gasteiger partial charge on any atom is 0.223 e. The van der Waals surface area contributed by atoms with E-state index in [1.807, 2.05) is 37.3 Å². The Morgan fingerprint density at radius 2 is 1.84 bits per heavy atom. The quantitative estimate of drug-likeness (QED) is 0.755. The molecular weight excluding hydrogens is 407 g/mol. The van der Waals surface area contributed by atoms with Gasteiger partial charge in [-0.3, -0.25) is 4.79 Å². The predicted octanol–water partition coefficient (Wildman–Crippen LogP) is 4.07. The summed E-state index contributed by atoms with van der Waals surface area (Å²) in [7, 11) is 0. The van der Waals surface area contributed by atoms with Crippen LogP contribution in [0.15, 0.2) is 53.0 Å². The van der Waals surface area contributed by atoms with Gasteiger partial charge in [0.15, 0.2) is 0 Å². The number of carbonyl (C=O) groups is 1. The van der Waals surface area contributed by atoms with E-state index in [-0.39, 0.29) is 36.1 Å². The highest BCUT2D eigenvalue weighted by molar-refractivity contribution is 9.10. The second kappa shape index (κ2) is 8.79. The van der Waals surface area contributed by atoms with Crippen LogP contribution in [-0.2, 0) is 4.79 Å². The molecule has 1 heterocycles. The largest absolute Gasteiger partial charge is 0.345 e. The van der Waals surface area contributed by atoms with E-state index < -0.39 is 0 Å². The van der Waals surface area contributed by atoms with Crippen molar-refractivity contribution in [2.45, 2.75) is 13.0 Å². The fourth-order valence-corrected chi connectivity index (χ4v) is 3.30. The van der Waals surface area contributed by atoms with E-state index in [0.29, 0.717) is 5.92 Å². The van der Waals surface area contributed by atoms with E-state index >= 15 is 0 Å². The van der Waals surface area contributed by atoms with Gasteiger partial charge >= 0.3 is 0 Å². The molecule has 0 aliphatic carbocycles. The van der Waals surface area contributed by atoms with Crippen molar-refractivity contribution >= 4 is 34.2 Å². The average Bonchev–Trinajstić information content (AvgIpc) is 2.50. The molecule has 0 bridgehead atoms. The summed E-state index contributed by atoms with van der Waals surface area (Å²) in [5.74, 6) is -0.0242. The zero-order chi connectivity index (χ0) is 17.1. The molecule has 1 aliphatic heterocycles. The molecule has 6 heteroatoms. The Morgan fingerprint density at radius 3 is 2.40 bits per heavy atom. The number of carbonyl (C=O) groups excluding carboxylic acids is 1. The molecule has 2 aromatic carbocycles. The Labute approximate surface area is 161 Å². The van der Waals surface area contributed by atoms with Gasteiger partial charge in [0.25, 0.3) is 0 Å². The first kappa shape index (κ1) is 19.9. The molecule has 0 radical (unpaired) electrons. The minimum atomic E-state index is -0.374. The molecule has 134 valence electrons. The monoisotopic (exact) mass is 426 g/mol. The molecule has 1 aliphatic rings. The first-order chi connectivity index (χ1) is 11.5. The minimum absolute atomic E-state index is 0. The van der Waals surface area contributed by atoms with E-state index in [1.165, 1.54) is 12.1 Å². The van der Waals surface area contributed by atoms with E-state index in [2.05, 4.69) is 26.6 Å². The van der Waals surface area contributed by atoms with Crippen molar-refractivity contribution in [3.8, 4) is 0 Å². The third-order valence-electron chi connectivity index (χ3n) is 4.58. The van der Waals surface area contributed by atoms with Crippen molar-refractivity contribution in [1.29, 1.82) is 0 Å². The summed E-state index contributed by atoms with van der Waals surface area (Å²) < 4.78 is 14.6. The maximum absolute atomic E-state index is 13.7. The van der Waals surface area contributed by atoms with Gasteiger partial charge in [-0.15, -0.1) is 12.4 Å². The average molecular weight is 428 g/mol. The van der Waals surface area contributed by atoms with Crippen LogP contribution in [0.5, 0.6) is 0 Å². The number of nitrogens with one attached hydrogen (secondary N) is 2. The molecule has 0 saturated carbocycles. The van der Waals surface area contributed by atoms with Gasteiger partial charge in [0.1, 0.15) is 5.82 Å². The molecule has 3 nitrogen and oxygen atoms in total. The van der Waals surface area contributed by atoms with Crippen molar-refractivity contribution in [2.75, 3.05) is 13.1 Å². The summed E-state index contributed by atoms with van der Waals surface area (Å²) in [5.41, 5.74) is 1.66. The van der Waals surface area contributed by atoms with Crippen LogP contribution in [0.2, 0.25) is 0 Å². The van der Waals surface area contributed by atoms with Crippen molar-refractivity contribution in [2.24, 2.45) is 11.8 Å². The minimum Gasteiger partial charge on any atom is -0.345 e. The SMILES string of the molecule is CC(C(=O)NC(c1cccc(F)c1)c1cccc(Br)c1)C1CNC1.Cl. The lowest BCUT2D eigenvalue weighted by Gasteiger charge is -2.33. The molecule has 1 saturated heterocycles. The molecular formula is C19H21BrClFN2O. The Bertz CT molecular complexity index is 693. The standard InChI is InChI=1S/C19H20BrFN2O.ClH/c1-12(15-10-22-11-15)19(24)23-18(13-4-2-6-16(20)8-13)14-5-3-7-17(21)9-14;/h2-9,12,15,18,22H,10-11H2,1H3,(H,23,24);1H. The number of rotatable bonds is 5. The van der Waals surface area contributed by atoms with Crippen LogP contribution in [0.1, 0.15) is 24.1 Å². The maximum atomic E-state index is 13.7. The lowest BCUT2D eigenvalue weighted by molar-refractivity contribution is -0.127. The van der Waals surface area contributed by atoms with Crippen LogP contribution in [0.3, 0.4) is 0 Å². The number of hydrogen-bond donors (Lipinski definition) is 2. The van der Waals surface area contributed by atoms with Gasteiger partial charge in [-0.2, -0.15) is 0 Å². The third kappa shape index (κ3) is 4.81. The van der Waals surface area contributed by atoms with E-state index in [9.17, 15) is 9.18 Å². The fraction of sp³-hybridized carbons (Fsp3) is 0.316. The summed E-state index contributed by atoms with van der Waals surface area (Å²) in [6.07, 6.45) is 0. The molecule has 2 N–H and O–H groups in total. The molecule has 1 amide bonds. The molecule has 3 rings (SSSR count). The highest BCUT2D eigenvalue weighted by atomic mass is 79.9. The second-order valence-corrected chi connectivity index (χ2v) is 7.17. The first-order valence-electron chi connectivity index (χ1n) is 8.06. The van der Waals surface area contributed by atoms with Crippen LogP contribution in [0.25, 0.3) is 0 Å². The summed E-state index contributed by atoms with van der Waals surface area (Å²) in [6, 6.07) is 13.7. The molecule has 0 spiro atoms. The number of amides is 1. The highest BCUT2D eigenvalue weighted by Crippen LogP contribution is 2.26. The topological polar surface area (TPSA) is 41.1 Å². The summed E-state index contributed by atoms with van der Waals surface area (Å²) in [6.45, 7) is 3.69. The molecule has 2 atom stereocenters. The van der Waals surface area contributed by atoms with Gasteiger partial charge in [-0.1, -0.05) is 47.1 Å². The van der Waals surface area contributed by atoms with E-state index in [0.717, 1.165) is 28.7 Å². The molecule has 25 heavy (non-hydrogen) atoms. The Morgan fingerprint density at radius 1 is 1.20 bits per heavy atom. The summed E-state index contributed by atoms with van der Waals surface area (Å²) in [4.78, 5) is 12.7. The molecule has 1 fully saturated rings. The number of benzene rings is 2. The first-order valence-corrected chi connectivity index (χ1v) is 8.86. The van der Waals surface area contributed by atoms with Gasteiger partial charge in [-0.05, 0) is 54.4 Å². The molecule has 2 aromatic rings. The van der Waals surface area contributed by atoms with Crippen LogP contribution < -0.4 is 10.6 Å². The normalized spacial score (nSPS) is 16.3. The summed E-state index contributed by atoms with van der Waals surface area (Å²) in [5, 5.41) is 6.29. The van der Waals surface area contributed by atoms with Crippen molar-refractivity contribution in [1.82, 2.24) is 10.6 Å². The fourth-order valence-electron chi connectivity index (χ4n) is 2.88.